The van der Waals surface area contributed by atoms with Gasteiger partial charge in [0.05, 0.1) is 18.3 Å². The highest BCUT2D eigenvalue weighted by Gasteiger charge is 2.34. The van der Waals surface area contributed by atoms with Gasteiger partial charge in [-0.05, 0) is 33.8 Å². The zero-order valence-electron chi connectivity index (χ0n) is 15.2. The minimum absolute atomic E-state index is 0.182. The van der Waals surface area contributed by atoms with E-state index < -0.39 is 5.60 Å². The van der Waals surface area contributed by atoms with Gasteiger partial charge in [-0.25, -0.2) is 9.79 Å². The maximum atomic E-state index is 11.9. The molecule has 1 aromatic rings. The number of hydrogen-bond donors (Lipinski definition) is 2. The number of amides is 1. The number of rotatable bonds is 4. The van der Waals surface area contributed by atoms with Gasteiger partial charge in [0.2, 0.25) is 0 Å². The van der Waals surface area contributed by atoms with E-state index in [1.165, 1.54) is 0 Å². The van der Waals surface area contributed by atoms with Gasteiger partial charge in [0.25, 0.3) is 0 Å². The standard InChI is InChI=1S/C16H28N6O2/c1-6-17-14(18-9-13-7-8-19-21(13)5)20-12-10-22(11-12)15(23)24-16(2,3)4/h7-8,12H,6,9-11H2,1-5H3,(H2,17,18,20). The predicted octanol–water partition coefficient (Wildman–Crippen LogP) is 1.09. The molecule has 8 heteroatoms. The number of nitrogens with one attached hydrogen (secondary N) is 2. The SMILES string of the molecule is CCNC(=NCc1ccnn1C)NC1CN(C(=O)OC(C)(C)C)C1. The summed E-state index contributed by atoms with van der Waals surface area (Å²) < 4.78 is 7.16. The van der Waals surface area contributed by atoms with Crippen LogP contribution in [0.4, 0.5) is 4.79 Å². The lowest BCUT2D eigenvalue weighted by molar-refractivity contribution is 0.00701. The number of likely N-dealkylation sites (tertiary alicyclic amines) is 1. The first-order valence-electron chi connectivity index (χ1n) is 8.28. The molecule has 1 aromatic heterocycles. The summed E-state index contributed by atoms with van der Waals surface area (Å²) in [5, 5.41) is 10.7. The van der Waals surface area contributed by atoms with Crippen LogP contribution >= 0.6 is 0 Å². The van der Waals surface area contributed by atoms with Gasteiger partial charge in [0, 0.05) is 32.9 Å². The summed E-state index contributed by atoms with van der Waals surface area (Å²) in [5.41, 5.74) is 0.575. The third-order valence-electron chi connectivity index (χ3n) is 3.54. The molecule has 1 saturated heterocycles. The van der Waals surface area contributed by atoms with Crippen LogP contribution in [0.1, 0.15) is 33.4 Å². The summed E-state index contributed by atoms with van der Waals surface area (Å²) in [5.74, 6) is 0.743. The summed E-state index contributed by atoms with van der Waals surface area (Å²) in [6.07, 6.45) is 1.49. The second-order valence-corrected chi connectivity index (χ2v) is 6.87. The zero-order chi connectivity index (χ0) is 17.7. The maximum absolute atomic E-state index is 11.9. The monoisotopic (exact) mass is 336 g/mol. The molecule has 1 aliphatic heterocycles. The molecular formula is C16H28N6O2. The molecule has 0 radical (unpaired) electrons. The summed E-state index contributed by atoms with van der Waals surface area (Å²) in [7, 11) is 1.90. The molecule has 0 aromatic carbocycles. The van der Waals surface area contributed by atoms with Gasteiger partial charge in [-0.3, -0.25) is 4.68 Å². The Labute approximate surface area is 143 Å². The van der Waals surface area contributed by atoms with Gasteiger partial charge in [0.1, 0.15) is 5.60 Å². The number of aromatic nitrogens is 2. The molecule has 0 atom stereocenters. The smallest absolute Gasteiger partial charge is 0.410 e. The normalized spacial score (nSPS) is 15.9. The largest absolute Gasteiger partial charge is 0.444 e. The minimum Gasteiger partial charge on any atom is -0.444 e. The van der Waals surface area contributed by atoms with Crippen LogP contribution in [0.2, 0.25) is 0 Å². The highest BCUT2D eigenvalue weighted by molar-refractivity contribution is 5.80. The molecule has 2 N–H and O–H groups in total. The van der Waals surface area contributed by atoms with Crippen molar-refractivity contribution in [3.05, 3.63) is 18.0 Å². The molecular weight excluding hydrogens is 308 g/mol. The fourth-order valence-electron chi connectivity index (χ4n) is 2.28. The van der Waals surface area contributed by atoms with Crippen LogP contribution in [0.15, 0.2) is 17.3 Å². The molecule has 1 fully saturated rings. The number of nitrogens with zero attached hydrogens (tertiary/aromatic N) is 4. The molecule has 0 spiro atoms. The van der Waals surface area contributed by atoms with Crippen molar-refractivity contribution in [2.24, 2.45) is 12.0 Å². The third kappa shape index (κ3) is 5.14. The summed E-state index contributed by atoms with van der Waals surface area (Å²) in [4.78, 5) is 18.2. The number of ether oxygens (including phenoxy) is 1. The Morgan fingerprint density at radius 1 is 1.46 bits per heavy atom. The van der Waals surface area contributed by atoms with Crippen molar-refractivity contribution in [3.63, 3.8) is 0 Å². The second kappa shape index (κ2) is 7.55. The first-order valence-corrected chi connectivity index (χ1v) is 8.28. The van der Waals surface area contributed by atoms with Crippen molar-refractivity contribution < 1.29 is 9.53 Å². The lowest BCUT2D eigenvalue weighted by Crippen LogP contribution is -2.63. The molecule has 24 heavy (non-hydrogen) atoms. The average molecular weight is 336 g/mol. The number of aryl methyl sites for hydroxylation is 1. The molecule has 1 amide bonds. The van der Waals surface area contributed by atoms with E-state index in [1.807, 2.05) is 40.8 Å². The van der Waals surface area contributed by atoms with Gasteiger partial charge < -0.3 is 20.3 Å². The van der Waals surface area contributed by atoms with Crippen molar-refractivity contribution in [1.29, 1.82) is 0 Å². The zero-order valence-corrected chi connectivity index (χ0v) is 15.2. The van der Waals surface area contributed by atoms with Gasteiger partial charge >= 0.3 is 6.09 Å². The van der Waals surface area contributed by atoms with Crippen LogP contribution in [0, 0.1) is 0 Å². The second-order valence-electron chi connectivity index (χ2n) is 6.87. The van der Waals surface area contributed by atoms with E-state index in [1.54, 1.807) is 15.8 Å². The number of carbonyl (C=O) groups excluding carboxylic acids is 1. The van der Waals surface area contributed by atoms with E-state index in [4.69, 9.17) is 4.74 Å². The maximum Gasteiger partial charge on any atom is 0.410 e. The Morgan fingerprint density at radius 2 is 2.17 bits per heavy atom. The molecule has 0 saturated carbocycles. The molecule has 8 nitrogen and oxygen atoms in total. The summed E-state index contributed by atoms with van der Waals surface area (Å²) in [6.45, 7) is 10.2. The van der Waals surface area contributed by atoms with Crippen LogP contribution < -0.4 is 10.6 Å². The molecule has 0 unspecified atom stereocenters. The Bertz CT molecular complexity index is 584. The van der Waals surface area contributed by atoms with Crippen LogP contribution in [-0.4, -0.2) is 58.0 Å². The molecule has 2 rings (SSSR count). The van der Waals surface area contributed by atoms with Crippen LogP contribution in [-0.2, 0) is 18.3 Å². The topological polar surface area (TPSA) is 83.8 Å². The summed E-state index contributed by atoms with van der Waals surface area (Å²) in [6, 6.07) is 2.13. The highest BCUT2D eigenvalue weighted by atomic mass is 16.6. The molecule has 0 bridgehead atoms. The van der Waals surface area contributed by atoms with E-state index in [9.17, 15) is 4.79 Å². The number of hydrogen-bond acceptors (Lipinski definition) is 4. The van der Waals surface area contributed by atoms with Crippen molar-refractivity contribution >= 4 is 12.1 Å². The lowest BCUT2D eigenvalue weighted by atomic mass is 10.1. The fraction of sp³-hybridized carbons (Fsp3) is 0.688. The van der Waals surface area contributed by atoms with Gasteiger partial charge in [-0.1, -0.05) is 0 Å². The minimum atomic E-state index is -0.463. The van der Waals surface area contributed by atoms with Gasteiger partial charge in [-0.2, -0.15) is 5.10 Å². The molecule has 0 aliphatic carbocycles. The van der Waals surface area contributed by atoms with Crippen LogP contribution in [0.3, 0.4) is 0 Å². The van der Waals surface area contributed by atoms with Crippen LogP contribution in [0.5, 0.6) is 0 Å². The highest BCUT2D eigenvalue weighted by Crippen LogP contribution is 2.15. The third-order valence-corrected chi connectivity index (χ3v) is 3.54. The Balaban J connectivity index is 1.82. The number of aliphatic imine (C=N–C) groups is 1. The summed E-state index contributed by atoms with van der Waals surface area (Å²) >= 11 is 0. The van der Waals surface area contributed by atoms with E-state index in [0.29, 0.717) is 19.6 Å². The van der Waals surface area contributed by atoms with E-state index in [-0.39, 0.29) is 12.1 Å². The van der Waals surface area contributed by atoms with Gasteiger partial charge in [0.15, 0.2) is 5.96 Å². The van der Waals surface area contributed by atoms with Gasteiger partial charge in [-0.15, -0.1) is 0 Å². The first-order chi connectivity index (χ1) is 11.3. The van der Waals surface area contributed by atoms with Crippen LogP contribution in [0.25, 0.3) is 0 Å². The molecule has 2 heterocycles. The van der Waals surface area contributed by atoms with E-state index in [2.05, 4.69) is 20.7 Å². The Kier molecular flexibility index (Phi) is 5.69. The predicted molar refractivity (Wildman–Crippen MR) is 92.8 cm³/mol. The van der Waals surface area contributed by atoms with Crippen molar-refractivity contribution in [2.75, 3.05) is 19.6 Å². The fourth-order valence-corrected chi connectivity index (χ4v) is 2.28. The van der Waals surface area contributed by atoms with E-state index >= 15 is 0 Å². The number of carbonyl (C=O) groups is 1. The van der Waals surface area contributed by atoms with Crippen molar-refractivity contribution in [1.82, 2.24) is 25.3 Å². The quantitative estimate of drug-likeness (QED) is 0.635. The Hall–Kier alpha value is -2.25. The van der Waals surface area contributed by atoms with E-state index in [0.717, 1.165) is 18.2 Å². The number of guanidine groups is 1. The first kappa shape index (κ1) is 18.1. The van der Waals surface area contributed by atoms with Crippen molar-refractivity contribution in [2.45, 2.75) is 45.9 Å². The Morgan fingerprint density at radius 3 is 2.71 bits per heavy atom. The lowest BCUT2D eigenvalue weighted by Gasteiger charge is -2.40. The molecule has 134 valence electrons. The average Bonchev–Trinajstić information content (AvgIpc) is 2.82. The molecule has 1 aliphatic rings. The van der Waals surface area contributed by atoms with Crippen molar-refractivity contribution in [3.8, 4) is 0 Å².